The maximum absolute atomic E-state index is 12.9. The molecule has 12 heteroatoms. The van der Waals surface area contributed by atoms with Crippen molar-refractivity contribution in [2.45, 2.75) is 59.0 Å². The zero-order valence-electron chi connectivity index (χ0n) is 23.1. The highest BCUT2D eigenvalue weighted by atomic mass is 32.1. The molecular weight excluding hydrogens is 518 g/mol. The summed E-state index contributed by atoms with van der Waals surface area (Å²) in [6.07, 6.45) is 9.72. The van der Waals surface area contributed by atoms with Gasteiger partial charge in [-0.2, -0.15) is 5.11 Å². The molecule has 2 aromatic heterocycles. The third-order valence-electron chi connectivity index (χ3n) is 6.48. The summed E-state index contributed by atoms with van der Waals surface area (Å²) in [6.45, 7) is 10.8. The van der Waals surface area contributed by atoms with Crippen molar-refractivity contribution < 1.29 is 19.2 Å². The topological polar surface area (TPSA) is 113 Å². The molecule has 1 saturated heterocycles. The van der Waals surface area contributed by atoms with Crippen molar-refractivity contribution in [3.05, 3.63) is 41.1 Å². The number of amides is 1. The van der Waals surface area contributed by atoms with Crippen LogP contribution in [0, 0.1) is 0 Å². The molecule has 0 saturated carbocycles. The lowest BCUT2D eigenvalue weighted by Crippen LogP contribution is -2.49. The van der Waals surface area contributed by atoms with Crippen molar-refractivity contribution in [3.8, 4) is 0 Å². The van der Waals surface area contributed by atoms with Gasteiger partial charge in [-0.05, 0) is 44.9 Å². The molecular formula is C27H37N7O4S. The standard InChI is InChI=1S/C27H37N7O4S/c1-5-21-18-22-25(28-24(27(36)37-6-2)29-26(22)39-21)33-15-13-32(14-16-33)23(35)12-9-17-38-34-20(4)11-8-7-10-19(3)30-31-34/h7-8,10-11,18-20H,5-6,9,12-17H2,1-4H3/b10-7-,11-8-,31-30?. The molecule has 0 bridgehead atoms. The van der Waals surface area contributed by atoms with Crippen LogP contribution in [-0.2, 0) is 20.8 Å². The van der Waals surface area contributed by atoms with Crippen molar-refractivity contribution in [1.82, 2.24) is 20.0 Å². The van der Waals surface area contributed by atoms with E-state index in [4.69, 9.17) is 9.57 Å². The number of ether oxygens (including phenoxy) is 1. The van der Waals surface area contributed by atoms with Crippen molar-refractivity contribution in [2.24, 2.45) is 10.3 Å². The molecule has 0 aliphatic carbocycles. The molecule has 4 rings (SSSR count). The fourth-order valence-electron chi connectivity index (χ4n) is 4.28. The van der Waals surface area contributed by atoms with Gasteiger partial charge in [0.05, 0.1) is 30.7 Å². The Bertz CT molecular complexity index is 1240. The van der Waals surface area contributed by atoms with Crippen LogP contribution in [-0.4, -0.2) is 83.4 Å². The van der Waals surface area contributed by atoms with Crippen LogP contribution in [0.5, 0.6) is 0 Å². The number of hydroxylamine groups is 1. The van der Waals surface area contributed by atoms with E-state index in [0.717, 1.165) is 22.5 Å². The number of carbonyl (C=O) groups excluding carboxylic acids is 2. The van der Waals surface area contributed by atoms with E-state index in [1.165, 1.54) is 10.0 Å². The van der Waals surface area contributed by atoms with Crippen molar-refractivity contribution in [2.75, 3.05) is 44.3 Å². The van der Waals surface area contributed by atoms with E-state index in [1.54, 1.807) is 18.3 Å². The van der Waals surface area contributed by atoms with Crippen LogP contribution in [0.25, 0.3) is 10.2 Å². The SMILES string of the molecule is CCOC(=O)c1nc(N2CCN(C(=O)CCCON3N=NC(C)/C=C\C=C/C3C)CC2)c2cc(CC)sc2n1. The van der Waals surface area contributed by atoms with Crippen molar-refractivity contribution in [1.29, 1.82) is 0 Å². The van der Waals surface area contributed by atoms with Crippen LogP contribution in [0.1, 0.15) is 56.0 Å². The smallest absolute Gasteiger partial charge is 0.376 e. The third-order valence-corrected chi connectivity index (χ3v) is 7.65. The molecule has 4 heterocycles. The molecule has 0 spiro atoms. The van der Waals surface area contributed by atoms with Gasteiger partial charge >= 0.3 is 5.97 Å². The van der Waals surface area contributed by atoms with Gasteiger partial charge in [-0.15, -0.1) is 16.5 Å². The van der Waals surface area contributed by atoms with Crippen molar-refractivity contribution >= 4 is 39.2 Å². The molecule has 2 atom stereocenters. The van der Waals surface area contributed by atoms with E-state index in [1.807, 2.05) is 43.1 Å². The first kappa shape index (κ1) is 28.6. The molecule has 2 aromatic rings. The fourth-order valence-corrected chi connectivity index (χ4v) is 5.25. The molecule has 2 unspecified atom stereocenters. The van der Waals surface area contributed by atoms with E-state index in [9.17, 15) is 9.59 Å². The first-order valence-electron chi connectivity index (χ1n) is 13.6. The number of fused-ring (bicyclic) bond motifs is 1. The lowest BCUT2D eigenvalue weighted by atomic mass is 10.2. The third kappa shape index (κ3) is 7.39. The molecule has 0 aromatic carbocycles. The average Bonchev–Trinajstić information content (AvgIpc) is 3.39. The van der Waals surface area contributed by atoms with Gasteiger partial charge in [0.15, 0.2) is 0 Å². The van der Waals surface area contributed by atoms with E-state index in [2.05, 4.69) is 38.2 Å². The predicted molar refractivity (Wildman–Crippen MR) is 151 cm³/mol. The summed E-state index contributed by atoms with van der Waals surface area (Å²) in [5, 5.41) is 10.9. The number of esters is 1. The van der Waals surface area contributed by atoms with Gasteiger partial charge in [0, 0.05) is 37.5 Å². The molecule has 1 amide bonds. The first-order chi connectivity index (χ1) is 18.9. The quantitative estimate of drug-likeness (QED) is 0.331. The van der Waals surface area contributed by atoms with E-state index >= 15 is 0 Å². The number of aryl methyl sites for hydroxylation is 1. The second kappa shape index (κ2) is 13.6. The number of nitrogens with zero attached hydrogens (tertiary/aromatic N) is 7. The molecule has 1 fully saturated rings. The monoisotopic (exact) mass is 555 g/mol. The Morgan fingerprint density at radius 3 is 2.59 bits per heavy atom. The van der Waals surface area contributed by atoms with Crippen LogP contribution in [0.15, 0.2) is 40.7 Å². The summed E-state index contributed by atoms with van der Waals surface area (Å²) >= 11 is 1.57. The lowest BCUT2D eigenvalue weighted by molar-refractivity contribution is -0.181. The second-order valence-electron chi connectivity index (χ2n) is 9.44. The summed E-state index contributed by atoms with van der Waals surface area (Å²) in [6, 6.07) is 2.00. The number of anilines is 1. The summed E-state index contributed by atoms with van der Waals surface area (Å²) in [4.78, 5) is 46.2. The van der Waals surface area contributed by atoms with Gasteiger partial charge in [0.2, 0.25) is 11.7 Å². The fraction of sp³-hybridized carbons (Fsp3) is 0.556. The van der Waals surface area contributed by atoms with Crippen molar-refractivity contribution in [3.63, 3.8) is 0 Å². The van der Waals surface area contributed by atoms with Crippen LogP contribution >= 0.6 is 11.3 Å². The normalized spacial score (nSPS) is 21.4. The number of aromatic nitrogens is 2. The minimum Gasteiger partial charge on any atom is -0.460 e. The highest BCUT2D eigenvalue weighted by molar-refractivity contribution is 7.18. The minimum absolute atomic E-state index is 0.0325. The molecule has 210 valence electrons. The van der Waals surface area contributed by atoms with Gasteiger partial charge in [0.25, 0.3) is 0 Å². The maximum atomic E-state index is 12.9. The van der Waals surface area contributed by atoms with E-state index < -0.39 is 5.97 Å². The first-order valence-corrected chi connectivity index (χ1v) is 14.4. The predicted octanol–water partition coefficient (Wildman–Crippen LogP) is 4.36. The zero-order valence-corrected chi connectivity index (χ0v) is 23.9. The van der Waals surface area contributed by atoms with Crippen LogP contribution in [0.2, 0.25) is 0 Å². The molecule has 39 heavy (non-hydrogen) atoms. The summed E-state index contributed by atoms with van der Waals surface area (Å²) < 4.78 is 5.15. The van der Waals surface area contributed by atoms with Crippen LogP contribution in [0.3, 0.4) is 0 Å². The Morgan fingerprint density at radius 1 is 1.08 bits per heavy atom. The largest absolute Gasteiger partial charge is 0.460 e. The maximum Gasteiger partial charge on any atom is 0.376 e. The lowest BCUT2D eigenvalue weighted by Gasteiger charge is -2.35. The Balaban J connectivity index is 1.31. The Labute approximate surface area is 233 Å². The number of piperazine rings is 1. The van der Waals surface area contributed by atoms with Gasteiger partial charge < -0.3 is 14.5 Å². The highest BCUT2D eigenvalue weighted by Crippen LogP contribution is 2.32. The van der Waals surface area contributed by atoms with Gasteiger partial charge in [-0.25, -0.2) is 14.8 Å². The Hall–Kier alpha value is -3.38. The number of thiophene rings is 1. The molecule has 0 N–H and O–H groups in total. The molecule has 0 radical (unpaired) electrons. The van der Waals surface area contributed by atoms with Crippen LogP contribution < -0.4 is 4.90 Å². The van der Waals surface area contributed by atoms with E-state index in [-0.39, 0.29) is 30.4 Å². The van der Waals surface area contributed by atoms with Gasteiger partial charge in [-0.3, -0.25) is 9.63 Å². The minimum atomic E-state index is -0.521. The number of carbonyl (C=O) groups is 2. The van der Waals surface area contributed by atoms with E-state index in [0.29, 0.717) is 45.6 Å². The average molecular weight is 556 g/mol. The number of hydrogen-bond donors (Lipinski definition) is 0. The molecule has 2 aliphatic rings. The molecule has 11 nitrogen and oxygen atoms in total. The highest BCUT2D eigenvalue weighted by Gasteiger charge is 2.26. The Kier molecular flexibility index (Phi) is 9.99. The summed E-state index contributed by atoms with van der Waals surface area (Å²) in [5.74, 6) is 0.380. The molecule has 2 aliphatic heterocycles. The summed E-state index contributed by atoms with van der Waals surface area (Å²) in [5.41, 5.74) is 0. The number of rotatable bonds is 9. The van der Waals surface area contributed by atoms with Gasteiger partial charge in [0.1, 0.15) is 10.6 Å². The summed E-state index contributed by atoms with van der Waals surface area (Å²) in [7, 11) is 0. The number of hydrogen-bond acceptors (Lipinski definition) is 11. The van der Waals surface area contributed by atoms with Crippen LogP contribution in [0.4, 0.5) is 5.82 Å². The second-order valence-corrected chi connectivity index (χ2v) is 10.6. The number of allylic oxidation sites excluding steroid dienone is 2. The van der Waals surface area contributed by atoms with Gasteiger partial charge in [-0.1, -0.05) is 31.2 Å². The zero-order chi connectivity index (χ0) is 27.8. The Morgan fingerprint density at radius 2 is 1.85 bits per heavy atom.